The summed E-state index contributed by atoms with van der Waals surface area (Å²) < 4.78 is 4.69. The van der Waals surface area contributed by atoms with Crippen LogP contribution in [0.4, 0.5) is 5.95 Å². The van der Waals surface area contributed by atoms with E-state index in [0.717, 1.165) is 42.0 Å². The van der Waals surface area contributed by atoms with Gasteiger partial charge in [-0.05, 0) is 62.8 Å². The second-order valence-electron chi connectivity index (χ2n) is 5.62. The molecule has 0 atom stereocenters. The Bertz CT molecular complexity index is 709. The lowest BCUT2D eigenvalue weighted by molar-refractivity contribution is 0.466. The molecular weight excluding hydrogens is 419 g/mol. The number of hydrogen-bond donors (Lipinski definition) is 2. The molecule has 0 amide bonds. The largest absolute Gasteiger partial charge is 0.350 e. The van der Waals surface area contributed by atoms with Crippen molar-refractivity contribution in [1.82, 2.24) is 14.9 Å². The molecule has 4 nitrogen and oxygen atoms in total. The second-order valence-corrected chi connectivity index (χ2v) is 7.20. The highest BCUT2D eigenvalue weighted by molar-refractivity contribution is 9.13. The van der Waals surface area contributed by atoms with Crippen molar-refractivity contribution in [2.24, 2.45) is 0 Å². The number of rotatable bonds is 2. The van der Waals surface area contributed by atoms with E-state index in [-0.39, 0.29) is 12.4 Å². The summed E-state index contributed by atoms with van der Waals surface area (Å²) >= 11 is 7.45. The van der Waals surface area contributed by atoms with Gasteiger partial charge in [0, 0.05) is 28.6 Å². The van der Waals surface area contributed by atoms with Crippen LogP contribution >= 0.6 is 44.3 Å². The number of aromatic nitrogens is 2. The van der Waals surface area contributed by atoms with Gasteiger partial charge in [0.1, 0.15) is 0 Å². The van der Waals surface area contributed by atoms with Crippen LogP contribution in [-0.2, 0) is 13.0 Å². The van der Waals surface area contributed by atoms with E-state index in [0.29, 0.717) is 6.04 Å². The molecule has 1 fully saturated rings. The van der Waals surface area contributed by atoms with E-state index in [9.17, 15) is 0 Å². The van der Waals surface area contributed by atoms with Gasteiger partial charge < -0.3 is 15.2 Å². The van der Waals surface area contributed by atoms with Gasteiger partial charge in [-0.15, -0.1) is 12.4 Å². The molecule has 1 aromatic heterocycles. The van der Waals surface area contributed by atoms with Crippen molar-refractivity contribution in [1.29, 1.82) is 0 Å². The standard InChI is InChI=1S/C14H16Br2N4.ClH/c1-7-10(15)11(16)9-3-2-4-20-13(9)12(7)19-14(20)18-8-5-17-6-8;/h8,17H,2-6H2,1H3,(H,18,19);1H. The summed E-state index contributed by atoms with van der Waals surface area (Å²) in [5.41, 5.74) is 5.03. The fourth-order valence-electron chi connectivity index (χ4n) is 3.07. The predicted octanol–water partition coefficient (Wildman–Crippen LogP) is 3.62. The summed E-state index contributed by atoms with van der Waals surface area (Å²) in [7, 11) is 0. The smallest absolute Gasteiger partial charge is 0.204 e. The molecule has 0 saturated carbocycles. The van der Waals surface area contributed by atoms with Crippen molar-refractivity contribution in [3.63, 3.8) is 0 Å². The first-order valence-electron chi connectivity index (χ1n) is 7.00. The van der Waals surface area contributed by atoms with Crippen molar-refractivity contribution in [2.75, 3.05) is 18.4 Å². The first-order valence-corrected chi connectivity index (χ1v) is 8.59. The molecule has 2 aromatic rings. The zero-order valence-electron chi connectivity index (χ0n) is 11.7. The summed E-state index contributed by atoms with van der Waals surface area (Å²) in [4.78, 5) is 4.88. The number of aryl methyl sites for hydroxylation is 3. The van der Waals surface area contributed by atoms with Crippen LogP contribution in [0, 0.1) is 6.92 Å². The maximum atomic E-state index is 4.88. The van der Waals surface area contributed by atoms with Crippen LogP contribution in [-0.4, -0.2) is 28.7 Å². The first kappa shape index (κ1) is 15.6. The van der Waals surface area contributed by atoms with E-state index in [1.165, 1.54) is 27.5 Å². The maximum Gasteiger partial charge on any atom is 0.204 e. The number of hydrogen-bond acceptors (Lipinski definition) is 3. The van der Waals surface area contributed by atoms with Gasteiger partial charge in [0.15, 0.2) is 0 Å². The van der Waals surface area contributed by atoms with E-state index in [1.54, 1.807) is 0 Å². The van der Waals surface area contributed by atoms with Gasteiger partial charge in [0.2, 0.25) is 5.95 Å². The van der Waals surface area contributed by atoms with Gasteiger partial charge in [0.25, 0.3) is 0 Å². The van der Waals surface area contributed by atoms with Crippen LogP contribution in [0.1, 0.15) is 17.5 Å². The Morgan fingerprint density at radius 1 is 1.29 bits per heavy atom. The molecule has 4 rings (SSSR count). The van der Waals surface area contributed by atoms with Crippen LogP contribution in [0.15, 0.2) is 8.95 Å². The molecule has 2 aliphatic rings. The van der Waals surface area contributed by atoms with Crippen molar-refractivity contribution >= 4 is 61.2 Å². The molecule has 0 aliphatic carbocycles. The predicted molar refractivity (Wildman–Crippen MR) is 95.7 cm³/mol. The lowest BCUT2D eigenvalue weighted by Crippen LogP contribution is -2.51. The Kier molecular flexibility index (Phi) is 4.25. The zero-order valence-corrected chi connectivity index (χ0v) is 15.7. The number of benzene rings is 1. The Balaban J connectivity index is 0.00000132. The highest BCUT2D eigenvalue weighted by Gasteiger charge is 2.26. The van der Waals surface area contributed by atoms with Crippen molar-refractivity contribution in [3.05, 3.63) is 20.1 Å². The van der Waals surface area contributed by atoms with Crippen molar-refractivity contribution in [3.8, 4) is 0 Å². The van der Waals surface area contributed by atoms with Gasteiger partial charge in [-0.25, -0.2) is 4.98 Å². The minimum absolute atomic E-state index is 0. The quantitative estimate of drug-likeness (QED) is 0.756. The third-order valence-corrected chi connectivity index (χ3v) is 6.72. The Hall–Kier alpha value is -0.300. The summed E-state index contributed by atoms with van der Waals surface area (Å²) in [5, 5.41) is 6.87. The van der Waals surface area contributed by atoms with E-state index in [2.05, 4.69) is 54.0 Å². The van der Waals surface area contributed by atoms with E-state index in [1.807, 2.05) is 0 Å². The average molecular weight is 437 g/mol. The third-order valence-electron chi connectivity index (χ3n) is 4.32. The number of halogens is 3. The molecule has 114 valence electrons. The van der Waals surface area contributed by atoms with E-state index >= 15 is 0 Å². The van der Waals surface area contributed by atoms with Crippen LogP contribution in [0.5, 0.6) is 0 Å². The Morgan fingerprint density at radius 3 is 2.71 bits per heavy atom. The summed E-state index contributed by atoms with van der Waals surface area (Å²) in [5.74, 6) is 1.03. The van der Waals surface area contributed by atoms with Gasteiger partial charge in [-0.3, -0.25) is 0 Å². The number of anilines is 1. The molecule has 2 aliphatic heterocycles. The first-order chi connectivity index (χ1) is 9.66. The molecule has 0 radical (unpaired) electrons. The van der Waals surface area contributed by atoms with Gasteiger partial charge in [-0.2, -0.15) is 0 Å². The molecule has 0 bridgehead atoms. The minimum Gasteiger partial charge on any atom is -0.350 e. The van der Waals surface area contributed by atoms with Crippen LogP contribution in [0.2, 0.25) is 0 Å². The number of imidazole rings is 1. The van der Waals surface area contributed by atoms with E-state index < -0.39 is 0 Å². The Labute approximate surface area is 146 Å². The third kappa shape index (κ3) is 2.31. The molecule has 21 heavy (non-hydrogen) atoms. The summed E-state index contributed by atoms with van der Waals surface area (Å²) in [6.45, 7) is 5.25. The average Bonchev–Trinajstić information content (AvgIpc) is 2.78. The lowest BCUT2D eigenvalue weighted by atomic mass is 10.0. The van der Waals surface area contributed by atoms with Gasteiger partial charge in [-0.1, -0.05) is 0 Å². The normalized spacial score (nSPS) is 17.5. The van der Waals surface area contributed by atoms with Crippen molar-refractivity contribution < 1.29 is 0 Å². The fraction of sp³-hybridized carbons (Fsp3) is 0.500. The maximum absolute atomic E-state index is 4.88. The fourth-order valence-corrected chi connectivity index (χ4v) is 4.18. The topological polar surface area (TPSA) is 41.9 Å². The molecule has 0 spiro atoms. The van der Waals surface area contributed by atoms with Crippen LogP contribution in [0.3, 0.4) is 0 Å². The summed E-state index contributed by atoms with van der Waals surface area (Å²) in [6, 6.07) is 0.514. The van der Waals surface area contributed by atoms with Gasteiger partial charge >= 0.3 is 0 Å². The number of nitrogens with one attached hydrogen (secondary N) is 2. The molecule has 2 N–H and O–H groups in total. The second kappa shape index (κ2) is 5.72. The highest BCUT2D eigenvalue weighted by Crippen LogP contribution is 2.41. The lowest BCUT2D eigenvalue weighted by Gasteiger charge is -2.29. The molecular formula is C14H17Br2ClN4. The SMILES string of the molecule is Cc1c(Br)c(Br)c2c3c1nc(NC1CNC1)n3CCC2.Cl. The van der Waals surface area contributed by atoms with E-state index in [4.69, 9.17) is 4.98 Å². The molecule has 3 heterocycles. The number of nitrogens with zero attached hydrogens (tertiary/aromatic N) is 2. The van der Waals surface area contributed by atoms with Crippen molar-refractivity contribution in [2.45, 2.75) is 32.4 Å². The highest BCUT2D eigenvalue weighted by atomic mass is 79.9. The van der Waals surface area contributed by atoms with Crippen LogP contribution < -0.4 is 10.6 Å². The summed E-state index contributed by atoms with van der Waals surface area (Å²) in [6.07, 6.45) is 2.29. The molecule has 1 saturated heterocycles. The van der Waals surface area contributed by atoms with Crippen LogP contribution in [0.25, 0.3) is 11.0 Å². The zero-order chi connectivity index (χ0) is 13.9. The van der Waals surface area contributed by atoms with Gasteiger partial charge in [0.05, 0.1) is 17.1 Å². The molecule has 7 heteroatoms. The monoisotopic (exact) mass is 434 g/mol. The molecule has 1 aromatic carbocycles. The molecule has 0 unspecified atom stereocenters. The Morgan fingerprint density at radius 2 is 2.05 bits per heavy atom. The minimum atomic E-state index is 0.